The Kier molecular flexibility index (Phi) is 2.42. The van der Waals surface area contributed by atoms with E-state index in [1.807, 2.05) is 18.3 Å². The number of ether oxygens (including phenoxy) is 1. The third-order valence-corrected chi connectivity index (χ3v) is 2.88. The normalized spacial score (nSPS) is 26.4. The van der Waals surface area contributed by atoms with Crippen molar-refractivity contribution in [1.82, 2.24) is 10.3 Å². The lowest BCUT2D eigenvalue weighted by atomic mass is 9.94. The van der Waals surface area contributed by atoms with Gasteiger partial charge in [-0.05, 0) is 38.4 Å². The molecular formula is C11H16N2O. The van der Waals surface area contributed by atoms with E-state index in [0.29, 0.717) is 0 Å². The second-order valence-corrected chi connectivity index (χ2v) is 3.92. The predicted molar refractivity (Wildman–Crippen MR) is 55.4 cm³/mol. The molecule has 76 valence electrons. The molecule has 1 aromatic heterocycles. The summed E-state index contributed by atoms with van der Waals surface area (Å²) in [6.07, 6.45) is 4.15. The van der Waals surface area contributed by atoms with E-state index in [0.717, 1.165) is 24.4 Å². The van der Waals surface area contributed by atoms with Crippen LogP contribution >= 0.6 is 0 Å². The minimum Gasteiger partial charge on any atom is -0.495 e. The van der Waals surface area contributed by atoms with Gasteiger partial charge in [-0.2, -0.15) is 0 Å². The summed E-state index contributed by atoms with van der Waals surface area (Å²) in [6, 6.07) is 3.87. The third-order valence-electron chi connectivity index (χ3n) is 2.88. The molecule has 1 aliphatic heterocycles. The fraction of sp³-hybridized carbons (Fsp3) is 0.545. The van der Waals surface area contributed by atoms with Gasteiger partial charge in [0.2, 0.25) is 0 Å². The molecule has 14 heavy (non-hydrogen) atoms. The van der Waals surface area contributed by atoms with Crippen LogP contribution in [-0.2, 0) is 5.54 Å². The lowest BCUT2D eigenvalue weighted by Crippen LogP contribution is -2.34. The minimum absolute atomic E-state index is 0.00734. The molecule has 1 unspecified atom stereocenters. The fourth-order valence-corrected chi connectivity index (χ4v) is 2.07. The van der Waals surface area contributed by atoms with Crippen molar-refractivity contribution < 1.29 is 4.74 Å². The highest BCUT2D eigenvalue weighted by Crippen LogP contribution is 2.34. The first-order valence-electron chi connectivity index (χ1n) is 5.01. The topological polar surface area (TPSA) is 34.1 Å². The number of hydrogen-bond acceptors (Lipinski definition) is 3. The predicted octanol–water partition coefficient (Wildman–Crippen LogP) is 1.69. The van der Waals surface area contributed by atoms with E-state index >= 15 is 0 Å². The molecule has 1 aliphatic rings. The van der Waals surface area contributed by atoms with Crippen LogP contribution in [0.1, 0.15) is 25.5 Å². The van der Waals surface area contributed by atoms with Crippen molar-refractivity contribution in [3.8, 4) is 5.75 Å². The Balaban J connectivity index is 2.39. The van der Waals surface area contributed by atoms with Crippen LogP contribution in [-0.4, -0.2) is 18.6 Å². The van der Waals surface area contributed by atoms with Crippen molar-refractivity contribution in [2.45, 2.75) is 25.3 Å². The van der Waals surface area contributed by atoms with Gasteiger partial charge in [-0.25, -0.2) is 0 Å². The van der Waals surface area contributed by atoms with Crippen molar-refractivity contribution in [2.75, 3.05) is 13.7 Å². The molecule has 0 radical (unpaired) electrons. The second kappa shape index (κ2) is 3.58. The highest BCUT2D eigenvalue weighted by Gasteiger charge is 2.33. The van der Waals surface area contributed by atoms with Gasteiger partial charge in [0.05, 0.1) is 12.6 Å². The van der Waals surface area contributed by atoms with Crippen LogP contribution in [0.3, 0.4) is 0 Å². The lowest BCUT2D eigenvalue weighted by Gasteiger charge is -2.25. The molecule has 1 saturated heterocycles. The Morgan fingerprint density at radius 2 is 2.43 bits per heavy atom. The Hall–Kier alpha value is -1.09. The van der Waals surface area contributed by atoms with E-state index in [1.165, 1.54) is 6.42 Å². The zero-order chi connectivity index (χ0) is 10.0. The first kappa shape index (κ1) is 9.46. The average Bonchev–Trinajstić information content (AvgIpc) is 2.66. The van der Waals surface area contributed by atoms with Gasteiger partial charge < -0.3 is 10.1 Å². The molecule has 1 N–H and O–H groups in total. The highest BCUT2D eigenvalue weighted by atomic mass is 16.5. The van der Waals surface area contributed by atoms with Crippen molar-refractivity contribution in [2.24, 2.45) is 0 Å². The van der Waals surface area contributed by atoms with Crippen LogP contribution in [0.5, 0.6) is 5.75 Å². The lowest BCUT2D eigenvalue weighted by molar-refractivity contribution is 0.361. The molecule has 0 aliphatic carbocycles. The standard InChI is InChI=1S/C11H16N2O/c1-11(6-4-8-13-11)10-9(14-2)5-3-7-12-10/h3,5,7,13H,4,6,8H2,1-2H3. The first-order valence-corrected chi connectivity index (χ1v) is 5.01. The summed E-state index contributed by atoms with van der Waals surface area (Å²) in [5.74, 6) is 0.879. The molecule has 2 heterocycles. The van der Waals surface area contributed by atoms with Gasteiger partial charge >= 0.3 is 0 Å². The number of methoxy groups -OCH3 is 1. The fourth-order valence-electron chi connectivity index (χ4n) is 2.07. The van der Waals surface area contributed by atoms with E-state index in [2.05, 4.69) is 17.2 Å². The SMILES string of the molecule is COc1cccnc1C1(C)CCCN1. The van der Waals surface area contributed by atoms with Crippen molar-refractivity contribution in [3.63, 3.8) is 0 Å². The van der Waals surface area contributed by atoms with Crippen LogP contribution < -0.4 is 10.1 Å². The zero-order valence-electron chi connectivity index (χ0n) is 8.71. The van der Waals surface area contributed by atoms with Crippen LogP contribution in [0.15, 0.2) is 18.3 Å². The van der Waals surface area contributed by atoms with Gasteiger partial charge in [-0.15, -0.1) is 0 Å². The Labute approximate surface area is 84.5 Å². The van der Waals surface area contributed by atoms with Crippen molar-refractivity contribution in [1.29, 1.82) is 0 Å². The highest BCUT2D eigenvalue weighted by molar-refractivity contribution is 5.33. The average molecular weight is 192 g/mol. The molecule has 0 bridgehead atoms. The smallest absolute Gasteiger partial charge is 0.142 e. The van der Waals surface area contributed by atoms with Gasteiger partial charge in [-0.3, -0.25) is 4.98 Å². The molecule has 2 rings (SSSR count). The molecule has 0 saturated carbocycles. The van der Waals surface area contributed by atoms with Crippen molar-refractivity contribution in [3.05, 3.63) is 24.0 Å². The Morgan fingerprint density at radius 3 is 3.07 bits per heavy atom. The number of nitrogens with one attached hydrogen (secondary N) is 1. The number of aromatic nitrogens is 1. The third kappa shape index (κ3) is 1.48. The summed E-state index contributed by atoms with van der Waals surface area (Å²) < 4.78 is 5.32. The second-order valence-electron chi connectivity index (χ2n) is 3.92. The first-order chi connectivity index (χ1) is 6.76. The molecule has 1 atom stereocenters. The summed E-state index contributed by atoms with van der Waals surface area (Å²) in [5.41, 5.74) is 1.02. The van der Waals surface area contributed by atoms with Crippen LogP contribution in [0.25, 0.3) is 0 Å². The molecule has 0 aromatic carbocycles. The summed E-state index contributed by atoms with van der Waals surface area (Å²) in [7, 11) is 1.69. The van der Waals surface area contributed by atoms with Gasteiger partial charge in [-0.1, -0.05) is 0 Å². The maximum absolute atomic E-state index is 5.32. The van der Waals surface area contributed by atoms with E-state index < -0.39 is 0 Å². The number of nitrogens with zero attached hydrogens (tertiary/aromatic N) is 1. The molecule has 1 aromatic rings. The van der Waals surface area contributed by atoms with Gasteiger partial charge in [0.1, 0.15) is 11.4 Å². The van der Waals surface area contributed by atoms with E-state index in [4.69, 9.17) is 4.74 Å². The minimum atomic E-state index is -0.00734. The Morgan fingerprint density at radius 1 is 1.57 bits per heavy atom. The monoisotopic (exact) mass is 192 g/mol. The van der Waals surface area contributed by atoms with E-state index in [9.17, 15) is 0 Å². The molecule has 1 fully saturated rings. The zero-order valence-corrected chi connectivity index (χ0v) is 8.71. The van der Waals surface area contributed by atoms with E-state index in [1.54, 1.807) is 7.11 Å². The van der Waals surface area contributed by atoms with Crippen LogP contribution in [0.2, 0.25) is 0 Å². The maximum atomic E-state index is 5.32. The van der Waals surface area contributed by atoms with Crippen LogP contribution in [0.4, 0.5) is 0 Å². The summed E-state index contributed by atoms with van der Waals surface area (Å²) in [4.78, 5) is 4.42. The van der Waals surface area contributed by atoms with Crippen molar-refractivity contribution >= 4 is 0 Å². The van der Waals surface area contributed by atoms with Gasteiger partial charge in [0, 0.05) is 6.20 Å². The van der Waals surface area contributed by atoms with Gasteiger partial charge in [0.15, 0.2) is 0 Å². The summed E-state index contributed by atoms with van der Waals surface area (Å²) in [6.45, 7) is 3.25. The van der Waals surface area contributed by atoms with Gasteiger partial charge in [0.25, 0.3) is 0 Å². The molecule has 0 amide bonds. The summed E-state index contributed by atoms with van der Waals surface area (Å²) in [5, 5.41) is 3.48. The maximum Gasteiger partial charge on any atom is 0.142 e. The molecular weight excluding hydrogens is 176 g/mol. The molecule has 0 spiro atoms. The van der Waals surface area contributed by atoms with Crippen LogP contribution in [0, 0.1) is 0 Å². The van der Waals surface area contributed by atoms with E-state index in [-0.39, 0.29) is 5.54 Å². The number of rotatable bonds is 2. The summed E-state index contributed by atoms with van der Waals surface area (Å²) >= 11 is 0. The molecule has 3 heteroatoms. The number of hydrogen-bond donors (Lipinski definition) is 1. The quantitative estimate of drug-likeness (QED) is 0.774. The number of pyridine rings is 1. The molecule has 3 nitrogen and oxygen atoms in total. The Bertz CT molecular complexity index is 319. The largest absolute Gasteiger partial charge is 0.495 e.